The summed E-state index contributed by atoms with van der Waals surface area (Å²) >= 11 is 0. The van der Waals surface area contributed by atoms with Crippen molar-refractivity contribution in [1.82, 2.24) is 9.55 Å². The summed E-state index contributed by atoms with van der Waals surface area (Å²) in [6.07, 6.45) is -0.347. The molecule has 1 aliphatic rings. The number of anilines is 1. The van der Waals surface area contributed by atoms with E-state index in [4.69, 9.17) is 10.5 Å². The summed E-state index contributed by atoms with van der Waals surface area (Å²) in [6, 6.07) is 14.9. The average Bonchev–Trinajstić information content (AvgIpc) is 2.98. The largest absolute Gasteiger partial charge is 0.465 e. The molecule has 2 heterocycles. The number of para-hydroxylation sites is 2. The van der Waals surface area contributed by atoms with E-state index in [-0.39, 0.29) is 12.1 Å². The predicted molar refractivity (Wildman–Crippen MR) is 90.9 cm³/mol. The Labute approximate surface area is 137 Å². The van der Waals surface area contributed by atoms with Crippen molar-refractivity contribution in [2.75, 3.05) is 12.4 Å². The van der Waals surface area contributed by atoms with Gasteiger partial charge in [-0.2, -0.15) is 0 Å². The summed E-state index contributed by atoms with van der Waals surface area (Å²) in [7, 11) is 1.36. The van der Waals surface area contributed by atoms with Gasteiger partial charge in [0.25, 0.3) is 0 Å². The quantitative estimate of drug-likeness (QED) is 0.705. The number of ether oxygens (including phenoxy) is 1. The Morgan fingerprint density at radius 3 is 2.71 bits per heavy atom. The van der Waals surface area contributed by atoms with E-state index >= 15 is 0 Å². The highest BCUT2D eigenvalue weighted by Crippen LogP contribution is 2.32. The van der Waals surface area contributed by atoms with Crippen LogP contribution in [0.4, 0.5) is 5.95 Å². The zero-order chi connectivity index (χ0) is 16.7. The van der Waals surface area contributed by atoms with Gasteiger partial charge in [-0.15, -0.1) is 0 Å². The zero-order valence-electron chi connectivity index (χ0n) is 12.9. The Morgan fingerprint density at radius 1 is 1.21 bits per heavy atom. The van der Waals surface area contributed by atoms with Crippen molar-refractivity contribution >= 4 is 28.9 Å². The zero-order valence-corrected chi connectivity index (χ0v) is 12.9. The molecule has 1 aromatic heterocycles. The number of methoxy groups -OCH3 is 1. The number of carbonyl (C=O) groups is 1. The molecule has 0 spiro atoms. The first-order valence-electron chi connectivity index (χ1n) is 7.43. The van der Waals surface area contributed by atoms with Crippen LogP contribution in [0.5, 0.6) is 0 Å². The number of imidazole rings is 1. The second kappa shape index (κ2) is 5.38. The van der Waals surface area contributed by atoms with Crippen molar-refractivity contribution in [3.63, 3.8) is 0 Å². The summed E-state index contributed by atoms with van der Waals surface area (Å²) < 4.78 is 6.71. The molecule has 24 heavy (non-hydrogen) atoms. The average molecular weight is 321 g/mol. The molecule has 1 aliphatic heterocycles. The molecular formula is C17H15N5O2. The van der Waals surface area contributed by atoms with Crippen molar-refractivity contribution in [3.05, 3.63) is 59.7 Å². The number of nitrogens with one attached hydrogen (secondary N) is 1. The Balaban J connectivity index is 1.83. The van der Waals surface area contributed by atoms with Crippen LogP contribution in [0.15, 0.2) is 53.5 Å². The Bertz CT molecular complexity index is 959. The maximum absolute atomic E-state index is 11.6. The van der Waals surface area contributed by atoms with Gasteiger partial charge in [-0.25, -0.2) is 14.8 Å². The van der Waals surface area contributed by atoms with Crippen LogP contribution in [-0.2, 0) is 4.74 Å². The molecule has 0 amide bonds. The van der Waals surface area contributed by atoms with Crippen molar-refractivity contribution in [3.8, 4) is 0 Å². The lowest BCUT2D eigenvalue weighted by Gasteiger charge is -2.23. The maximum atomic E-state index is 11.6. The van der Waals surface area contributed by atoms with Gasteiger partial charge in [-0.1, -0.05) is 24.3 Å². The van der Waals surface area contributed by atoms with Gasteiger partial charge in [0.15, 0.2) is 12.1 Å². The molecule has 1 atom stereocenters. The van der Waals surface area contributed by atoms with Crippen molar-refractivity contribution in [2.45, 2.75) is 6.17 Å². The minimum Gasteiger partial charge on any atom is -0.465 e. The molecule has 0 unspecified atom stereocenters. The topological polar surface area (TPSA) is 94.5 Å². The van der Waals surface area contributed by atoms with Crippen molar-refractivity contribution in [1.29, 1.82) is 0 Å². The molecule has 0 radical (unpaired) electrons. The van der Waals surface area contributed by atoms with E-state index < -0.39 is 0 Å². The van der Waals surface area contributed by atoms with Crippen LogP contribution in [0.25, 0.3) is 11.0 Å². The molecular weight excluding hydrogens is 306 g/mol. The summed E-state index contributed by atoms with van der Waals surface area (Å²) in [6.45, 7) is 0. The number of nitrogens with zero attached hydrogens (tertiary/aromatic N) is 3. The second-order valence-electron chi connectivity index (χ2n) is 5.42. The monoisotopic (exact) mass is 321 g/mol. The number of rotatable bonds is 2. The minimum absolute atomic E-state index is 0.305. The fourth-order valence-corrected chi connectivity index (χ4v) is 2.85. The van der Waals surface area contributed by atoms with Gasteiger partial charge in [-0.05, 0) is 29.8 Å². The summed E-state index contributed by atoms with van der Waals surface area (Å²) in [5.74, 6) is 0.578. The third-order valence-electron chi connectivity index (χ3n) is 3.97. The first-order chi connectivity index (χ1) is 11.7. The van der Waals surface area contributed by atoms with Gasteiger partial charge < -0.3 is 10.5 Å². The van der Waals surface area contributed by atoms with E-state index in [1.54, 1.807) is 12.1 Å². The van der Waals surface area contributed by atoms with Crippen LogP contribution < -0.4 is 11.1 Å². The highest BCUT2D eigenvalue weighted by molar-refractivity contribution is 5.94. The molecule has 7 heteroatoms. The molecule has 3 aromatic rings. The maximum Gasteiger partial charge on any atom is 0.337 e. The molecule has 0 bridgehead atoms. The molecule has 3 N–H and O–H groups in total. The number of hydrogen-bond donors (Lipinski definition) is 2. The summed E-state index contributed by atoms with van der Waals surface area (Å²) in [5, 5.41) is 2.99. The Morgan fingerprint density at radius 2 is 1.96 bits per heavy atom. The smallest absolute Gasteiger partial charge is 0.337 e. The Kier molecular flexibility index (Phi) is 3.19. The summed E-state index contributed by atoms with van der Waals surface area (Å²) in [5.41, 5.74) is 9.12. The number of esters is 1. The number of carbonyl (C=O) groups excluding carboxylic acids is 1. The lowest BCUT2D eigenvalue weighted by Crippen LogP contribution is -2.31. The second-order valence-corrected chi connectivity index (χ2v) is 5.42. The molecule has 7 nitrogen and oxygen atoms in total. The molecule has 2 aromatic carbocycles. The van der Waals surface area contributed by atoms with Crippen LogP contribution in [0, 0.1) is 0 Å². The van der Waals surface area contributed by atoms with Crippen LogP contribution in [0.2, 0.25) is 0 Å². The molecule has 0 fully saturated rings. The fourth-order valence-electron chi connectivity index (χ4n) is 2.85. The summed E-state index contributed by atoms with van der Waals surface area (Å²) in [4.78, 5) is 20.6. The molecule has 0 saturated carbocycles. The van der Waals surface area contributed by atoms with E-state index in [9.17, 15) is 4.79 Å². The third kappa shape index (κ3) is 2.18. The first kappa shape index (κ1) is 14.3. The van der Waals surface area contributed by atoms with Gasteiger partial charge in [0.05, 0.1) is 23.7 Å². The van der Waals surface area contributed by atoms with E-state index in [1.165, 1.54) is 7.11 Å². The predicted octanol–water partition coefficient (Wildman–Crippen LogP) is 2.11. The fraction of sp³-hybridized carbons (Fsp3) is 0.118. The van der Waals surface area contributed by atoms with Crippen molar-refractivity contribution < 1.29 is 9.53 Å². The Hall–Kier alpha value is -3.35. The van der Waals surface area contributed by atoms with E-state index in [0.717, 1.165) is 16.6 Å². The first-order valence-corrected chi connectivity index (χ1v) is 7.43. The number of aromatic nitrogens is 2. The molecule has 0 saturated heterocycles. The van der Waals surface area contributed by atoms with Gasteiger partial charge >= 0.3 is 5.97 Å². The highest BCUT2D eigenvalue weighted by atomic mass is 16.5. The number of benzene rings is 2. The van der Waals surface area contributed by atoms with Crippen LogP contribution in [0.1, 0.15) is 22.1 Å². The minimum atomic E-state index is -0.372. The number of nitrogens with two attached hydrogens (primary N) is 1. The number of guanidine groups is 1. The normalized spacial score (nSPS) is 16.2. The lowest BCUT2D eigenvalue weighted by atomic mass is 10.1. The SMILES string of the molecule is COC(=O)c1ccc([C@@H]2N=C(N)Nc3nc4ccccc4n32)cc1. The van der Waals surface area contributed by atoms with Gasteiger partial charge in [0.2, 0.25) is 5.95 Å². The van der Waals surface area contributed by atoms with E-state index in [0.29, 0.717) is 17.5 Å². The van der Waals surface area contributed by atoms with Crippen molar-refractivity contribution in [2.24, 2.45) is 10.7 Å². The van der Waals surface area contributed by atoms with Gasteiger partial charge in [0.1, 0.15) is 0 Å². The number of fused-ring (bicyclic) bond motifs is 3. The van der Waals surface area contributed by atoms with Crippen LogP contribution in [-0.4, -0.2) is 28.6 Å². The van der Waals surface area contributed by atoms with Gasteiger partial charge in [0, 0.05) is 0 Å². The molecule has 4 rings (SSSR count). The van der Waals surface area contributed by atoms with Crippen LogP contribution in [0.3, 0.4) is 0 Å². The van der Waals surface area contributed by atoms with Crippen LogP contribution >= 0.6 is 0 Å². The number of hydrogen-bond acceptors (Lipinski definition) is 6. The van der Waals surface area contributed by atoms with E-state index in [2.05, 4.69) is 15.3 Å². The number of aliphatic imine (C=N–C) groups is 1. The highest BCUT2D eigenvalue weighted by Gasteiger charge is 2.25. The third-order valence-corrected chi connectivity index (χ3v) is 3.97. The lowest BCUT2D eigenvalue weighted by molar-refractivity contribution is 0.0600. The molecule has 120 valence electrons. The van der Waals surface area contributed by atoms with Gasteiger partial charge in [-0.3, -0.25) is 9.88 Å². The van der Waals surface area contributed by atoms with E-state index in [1.807, 2.05) is 41.0 Å². The molecule has 0 aliphatic carbocycles. The standard InChI is InChI=1S/C17H15N5O2/c1-24-15(23)11-8-6-10(7-9-11)14-20-16(18)21-17-19-12-4-2-3-5-13(12)22(14)17/h2-9,14H,1H3,(H3,18,19,20,21)/t14-/m1/s1.